The highest BCUT2D eigenvalue weighted by Crippen LogP contribution is 2.32. The fourth-order valence-electron chi connectivity index (χ4n) is 3.71. The van der Waals surface area contributed by atoms with E-state index in [1.165, 1.54) is 4.90 Å². The molecule has 2 aromatic carbocycles. The summed E-state index contributed by atoms with van der Waals surface area (Å²) in [4.78, 5) is 30.2. The Morgan fingerprint density at radius 1 is 0.935 bits per heavy atom. The van der Waals surface area contributed by atoms with Crippen molar-refractivity contribution in [1.82, 2.24) is 9.80 Å². The average molecular weight is 460 g/mol. The third-order valence-electron chi connectivity index (χ3n) is 5.50. The molecule has 2 aliphatic rings. The number of benzene rings is 2. The summed E-state index contributed by atoms with van der Waals surface area (Å²) in [5.74, 6) is -0.662. The SMILES string of the molecule is Cc1ccc(Cl)cc1NC1=C(c2ccc(Cl)cc2)C(=O)N(CCN2CCOCC2)C1=O. The molecule has 0 spiro atoms. The first-order chi connectivity index (χ1) is 14.9. The molecule has 4 rings (SSSR count). The predicted octanol–water partition coefficient (Wildman–Crippen LogP) is 3.83. The molecule has 1 N–H and O–H groups in total. The zero-order valence-electron chi connectivity index (χ0n) is 17.2. The third kappa shape index (κ3) is 4.77. The number of ether oxygens (including phenoxy) is 1. The molecule has 8 heteroatoms. The number of aryl methyl sites for hydroxylation is 1. The van der Waals surface area contributed by atoms with Gasteiger partial charge in [-0.15, -0.1) is 0 Å². The number of carbonyl (C=O) groups excluding carboxylic acids is 2. The quantitative estimate of drug-likeness (QED) is 0.665. The van der Waals surface area contributed by atoms with Crippen molar-refractivity contribution in [2.45, 2.75) is 6.92 Å². The Balaban J connectivity index is 1.65. The van der Waals surface area contributed by atoms with Crippen LogP contribution in [-0.2, 0) is 14.3 Å². The molecule has 0 atom stereocenters. The van der Waals surface area contributed by atoms with Gasteiger partial charge in [-0.05, 0) is 42.3 Å². The van der Waals surface area contributed by atoms with Gasteiger partial charge in [0.2, 0.25) is 0 Å². The van der Waals surface area contributed by atoms with Crippen LogP contribution >= 0.6 is 23.2 Å². The summed E-state index contributed by atoms with van der Waals surface area (Å²) in [5.41, 5.74) is 2.83. The monoisotopic (exact) mass is 459 g/mol. The maximum absolute atomic E-state index is 13.3. The van der Waals surface area contributed by atoms with Gasteiger partial charge in [-0.2, -0.15) is 0 Å². The first kappa shape index (κ1) is 21.8. The van der Waals surface area contributed by atoms with Crippen molar-refractivity contribution < 1.29 is 14.3 Å². The smallest absolute Gasteiger partial charge is 0.278 e. The number of halogens is 2. The maximum Gasteiger partial charge on any atom is 0.278 e. The summed E-state index contributed by atoms with van der Waals surface area (Å²) < 4.78 is 5.37. The molecular formula is C23H23Cl2N3O3. The molecule has 1 fully saturated rings. The van der Waals surface area contributed by atoms with Gasteiger partial charge < -0.3 is 10.1 Å². The van der Waals surface area contributed by atoms with E-state index in [4.69, 9.17) is 27.9 Å². The molecule has 6 nitrogen and oxygen atoms in total. The normalized spacial score (nSPS) is 17.6. The van der Waals surface area contributed by atoms with Gasteiger partial charge in [-0.25, -0.2) is 0 Å². The summed E-state index contributed by atoms with van der Waals surface area (Å²) in [6.45, 7) is 5.75. The van der Waals surface area contributed by atoms with Crippen LogP contribution in [-0.4, -0.2) is 61.0 Å². The number of nitrogens with one attached hydrogen (secondary N) is 1. The van der Waals surface area contributed by atoms with Crippen molar-refractivity contribution in [3.8, 4) is 0 Å². The maximum atomic E-state index is 13.3. The standard InChI is InChI=1S/C23H23Cl2N3O3/c1-15-2-5-18(25)14-19(15)26-21-20(16-3-6-17(24)7-4-16)22(29)28(23(21)30)9-8-27-10-12-31-13-11-27/h2-7,14,26H,8-13H2,1H3. The highest BCUT2D eigenvalue weighted by molar-refractivity contribution is 6.37. The molecular weight excluding hydrogens is 437 g/mol. The Hall–Kier alpha value is -2.38. The number of nitrogens with zero attached hydrogens (tertiary/aromatic N) is 2. The Morgan fingerprint density at radius 2 is 1.61 bits per heavy atom. The Bertz CT molecular complexity index is 1030. The van der Waals surface area contributed by atoms with Crippen molar-refractivity contribution in [3.63, 3.8) is 0 Å². The van der Waals surface area contributed by atoms with Gasteiger partial charge in [0.1, 0.15) is 5.70 Å². The first-order valence-electron chi connectivity index (χ1n) is 10.1. The van der Waals surface area contributed by atoms with Crippen LogP contribution in [0.2, 0.25) is 10.0 Å². The lowest BCUT2D eigenvalue weighted by Crippen LogP contribution is -2.43. The van der Waals surface area contributed by atoms with E-state index in [1.54, 1.807) is 36.4 Å². The molecule has 0 unspecified atom stereocenters. The minimum absolute atomic E-state index is 0.250. The summed E-state index contributed by atoms with van der Waals surface area (Å²) >= 11 is 12.2. The molecule has 162 valence electrons. The van der Waals surface area contributed by atoms with Gasteiger partial charge in [0.25, 0.3) is 11.8 Å². The van der Waals surface area contributed by atoms with Gasteiger partial charge in [0, 0.05) is 41.9 Å². The van der Waals surface area contributed by atoms with Crippen molar-refractivity contribution in [1.29, 1.82) is 0 Å². The number of hydrogen-bond acceptors (Lipinski definition) is 5. The Kier molecular flexibility index (Phi) is 6.62. The molecule has 0 radical (unpaired) electrons. The second kappa shape index (κ2) is 9.40. The number of carbonyl (C=O) groups is 2. The van der Waals surface area contributed by atoms with Gasteiger partial charge in [-0.1, -0.05) is 41.4 Å². The molecule has 0 bridgehead atoms. The van der Waals surface area contributed by atoms with Crippen LogP contribution in [0.25, 0.3) is 5.57 Å². The fraction of sp³-hybridized carbons (Fsp3) is 0.304. The first-order valence-corrected chi connectivity index (χ1v) is 10.9. The second-order valence-corrected chi connectivity index (χ2v) is 8.43. The van der Waals surface area contributed by atoms with Crippen molar-refractivity contribution in [3.05, 3.63) is 69.3 Å². The van der Waals surface area contributed by atoms with E-state index in [-0.39, 0.29) is 17.5 Å². The zero-order valence-corrected chi connectivity index (χ0v) is 18.7. The molecule has 0 saturated carbocycles. The van der Waals surface area contributed by atoms with Crippen LogP contribution in [0.3, 0.4) is 0 Å². The van der Waals surface area contributed by atoms with Gasteiger partial charge in [-0.3, -0.25) is 19.4 Å². The molecule has 2 heterocycles. The van der Waals surface area contributed by atoms with Crippen LogP contribution in [0.15, 0.2) is 48.2 Å². The molecule has 0 aromatic heterocycles. The fourth-order valence-corrected chi connectivity index (χ4v) is 4.01. The largest absolute Gasteiger partial charge is 0.379 e. The lowest BCUT2D eigenvalue weighted by atomic mass is 10.0. The minimum atomic E-state index is -0.345. The van der Waals surface area contributed by atoms with Crippen molar-refractivity contribution in [2.24, 2.45) is 0 Å². The van der Waals surface area contributed by atoms with Crippen LogP contribution in [0.4, 0.5) is 5.69 Å². The topological polar surface area (TPSA) is 61.9 Å². The van der Waals surface area contributed by atoms with E-state index in [2.05, 4.69) is 10.2 Å². The third-order valence-corrected chi connectivity index (χ3v) is 5.99. The van der Waals surface area contributed by atoms with Crippen LogP contribution < -0.4 is 5.32 Å². The molecule has 1 saturated heterocycles. The average Bonchev–Trinajstić information content (AvgIpc) is 3.00. The van der Waals surface area contributed by atoms with Gasteiger partial charge in [0.15, 0.2) is 0 Å². The molecule has 0 aliphatic carbocycles. The van der Waals surface area contributed by atoms with E-state index in [0.717, 1.165) is 18.7 Å². The van der Waals surface area contributed by atoms with E-state index in [9.17, 15) is 9.59 Å². The van der Waals surface area contributed by atoms with Crippen LogP contribution in [0.5, 0.6) is 0 Å². The number of rotatable bonds is 6. The Labute approximate surface area is 191 Å². The molecule has 2 aliphatic heterocycles. The Morgan fingerprint density at radius 3 is 2.32 bits per heavy atom. The van der Waals surface area contributed by atoms with Crippen molar-refractivity contribution >= 4 is 46.3 Å². The highest BCUT2D eigenvalue weighted by atomic mass is 35.5. The summed E-state index contributed by atoms with van der Waals surface area (Å²) in [5, 5.41) is 4.28. The molecule has 31 heavy (non-hydrogen) atoms. The van der Waals surface area contributed by atoms with Crippen LogP contribution in [0, 0.1) is 6.92 Å². The second-order valence-electron chi connectivity index (χ2n) is 7.56. The van der Waals surface area contributed by atoms with E-state index < -0.39 is 0 Å². The lowest BCUT2D eigenvalue weighted by molar-refractivity contribution is -0.137. The minimum Gasteiger partial charge on any atom is -0.379 e. The molecule has 2 amide bonds. The summed E-state index contributed by atoms with van der Waals surface area (Å²) in [7, 11) is 0. The highest BCUT2D eigenvalue weighted by Gasteiger charge is 2.39. The predicted molar refractivity (Wildman–Crippen MR) is 122 cm³/mol. The van der Waals surface area contributed by atoms with Crippen LogP contribution in [0.1, 0.15) is 11.1 Å². The van der Waals surface area contributed by atoms with E-state index in [1.807, 2.05) is 13.0 Å². The number of anilines is 1. The summed E-state index contributed by atoms with van der Waals surface area (Å²) in [6.07, 6.45) is 0. The van der Waals surface area contributed by atoms with E-state index in [0.29, 0.717) is 53.2 Å². The van der Waals surface area contributed by atoms with Gasteiger partial charge >= 0.3 is 0 Å². The number of morpholine rings is 1. The lowest BCUT2D eigenvalue weighted by Gasteiger charge is -2.28. The van der Waals surface area contributed by atoms with Gasteiger partial charge in [0.05, 0.1) is 18.8 Å². The molecule has 2 aromatic rings. The summed E-state index contributed by atoms with van der Waals surface area (Å²) in [6, 6.07) is 12.3. The number of hydrogen-bond donors (Lipinski definition) is 1. The number of amides is 2. The van der Waals surface area contributed by atoms with Crippen molar-refractivity contribution in [2.75, 3.05) is 44.7 Å². The van der Waals surface area contributed by atoms with E-state index >= 15 is 0 Å². The zero-order chi connectivity index (χ0) is 22.0. The number of imide groups is 1.